The standard InChI is InChI=1S/C20H23ClN2O3S/c1-14-3-6-18(7-4-14)27(25,26)23-11-9-16(10-12-23)20(24)22-19-8-5-17(21)13-15(19)2/h3-8,13,16H,9-12H2,1-2H3,(H,22,24). The van der Waals surface area contributed by atoms with E-state index >= 15 is 0 Å². The molecule has 1 heterocycles. The Hall–Kier alpha value is -1.89. The summed E-state index contributed by atoms with van der Waals surface area (Å²) in [5.41, 5.74) is 2.65. The second kappa shape index (κ2) is 8.00. The Morgan fingerprint density at radius 2 is 1.70 bits per heavy atom. The minimum absolute atomic E-state index is 0.0761. The fraction of sp³-hybridized carbons (Fsp3) is 0.350. The highest BCUT2D eigenvalue weighted by Gasteiger charge is 2.32. The molecular formula is C20H23ClN2O3S. The Labute approximate surface area is 165 Å². The van der Waals surface area contributed by atoms with Crippen LogP contribution >= 0.6 is 11.6 Å². The molecule has 1 amide bonds. The fourth-order valence-corrected chi connectivity index (χ4v) is 4.92. The third-order valence-electron chi connectivity index (χ3n) is 4.93. The van der Waals surface area contributed by atoms with Crippen molar-refractivity contribution in [3.05, 3.63) is 58.6 Å². The lowest BCUT2D eigenvalue weighted by Gasteiger charge is -2.30. The Bertz CT molecular complexity index is 934. The number of carbonyl (C=O) groups excluding carboxylic acids is 1. The molecule has 1 aliphatic heterocycles. The number of anilines is 1. The van der Waals surface area contributed by atoms with E-state index in [1.54, 1.807) is 42.5 Å². The van der Waals surface area contributed by atoms with Crippen LogP contribution in [0.4, 0.5) is 5.69 Å². The van der Waals surface area contributed by atoms with Crippen molar-refractivity contribution in [3.63, 3.8) is 0 Å². The van der Waals surface area contributed by atoms with Gasteiger partial charge in [0.1, 0.15) is 0 Å². The first kappa shape index (κ1) is 19.9. The lowest BCUT2D eigenvalue weighted by atomic mass is 9.97. The van der Waals surface area contributed by atoms with Crippen molar-refractivity contribution in [2.45, 2.75) is 31.6 Å². The molecule has 1 N–H and O–H groups in total. The van der Waals surface area contributed by atoms with Gasteiger partial charge in [0.2, 0.25) is 15.9 Å². The minimum Gasteiger partial charge on any atom is -0.326 e. The lowest BCUT2D eigenvalue weighted by molar-refractivity contribution is -0.120. The molecule has 7 heteroatoms. The first-order valence-electron chi connectivity index (χ1n) is 8.91. The van der Waals surface area contributed by atoms with Crippen LogP contribution < -0.4 is 5.32 Å². The number of hydrogen-bond donors (Lipinski definition) is 1. The average molecular weight is 407 g/mol. The average Bonchev–Trinajstić information content (AvgIpc) is 2.64. The van der Waals surface area contributed by atoms with E-state index in [9.17, 15) is 13.2 Å². The Morgan fingerprint density at radius 3 is 2.30 bits per heavy atom. The number of sulfonamides is 1. The van der Waals surface area contributed by atoms with E-state index in [2.05, 4.69) is 5.32 Å². The zero-order chi connectivity index (χ0) is 19.6. The lowest BCUT2D eigenvalue weighted by Crippen LogP contribution is -2.41. The van der Waals surface area contributed by atoms with Gasteiger partial charge in [-0.2, -0.15) is 4.31 Å². The van der Waals surface area contributed by atoms with Crippen LogP contribution in [0.15, 0.2) is 47.4 Å². The third kappa shape index (κ3) is 4.51. The molecule has 2 aromatic carbocycles. The summed E-state index contributed by atoms with van der Waals surface area (Å²) in [6.07, 6.45) is 1.01. The molecule has 0 unspecified atom stereocenters. The van der Waals surface area contributed by atoms with Gasteiger partial charge in [-0.05, 0) is 62.6 Å². The van der Waals surface area contributed by atoms with Crippen LogP contribution in [0.25, 0.3) is 0 Å². The van der Waals surface area contributed by atoms with Crippen molar-refractivity contribution in [2.75, 3.05) is 18.4 Å². The SMILES string of the molecule is Cc1ccc(S(=O)(=O)N2CCC(C(=O)Nc3ccc(Cl)cc3C)CC2)cc1. The van der Waals surface area contributed by atoms with Crippen LogP contribution in [0.3, 0.4) is 0 Å². The molecule has 0 radical (unpaired) electrons. The van der Waals surface area contributed by atoms with E-state index in [0.29, 0.717) is 35.8 Å². The predicted molar refractivity (Wildman–Crippen MR) is 107 cm³/mol. The molecule has 5 nitrogen and oxygen atoms in total. The fourth-order valence-electron chi connectivity index (χ4n) is 3.22. The molecule has 3 rings (SSSR count). The molecule has 144 valence electrons. The molecule has 2 aromatic rings. The summed E-state index contributed by atoms with van der Waals surface area (Å²) in [5.74, 6) is -0.280. The molecule has 0 aromatic heterocycles. The molecule has 1 aliphatic rings. The quantitative estimate of drug-likeness (QED) is 0.834. The van der Waals surface area contributed by atoms with Gasteiger partial charge in [-0.25, -0.2) is 8.42 Å². The smallest absolute Gasteiger partial charge is 0.243 e. The van der Waals surface area contributed by atoms with Crippen LogP contribution in [0.5, 0.6) is 0 Å². The van der Waals surface area contributed by atoms with Crippen molar-refractivity contribution in [3.8, 4) is 0 Å². The van der Waals surface area contributed by atoms with Gasteiger partial charge in [-0.3, -0.25) is 4.79 Å². The molecule has 1 saturated heterocycles. The summed E-state index contributed by atoms with van der Waals surface area (Å²) in [6, 6.07) is 12.2. The number of nitrogens with one attached hydrogen (secondary N) is 1. The molecule has 0 bridgehead atoms. The van der Waals surface area contributed by atoms with Gasteiger partial charge in [0, 0.05) is 29.7 Å². The van der Waals surface area contributed by atoms with E-state index in [1.807, 2.05) is 13.8 Å². The largest absolute Gasteiger partial charge is 0.326 e. The maximum Gasteiger partial charge on any atom is 0.243 e. The second-order valence-electron chi connectivity index (χ2n) is 6.94. The zero-order valence-electron chi connectivity index (χ0n) is 15.4. The summed E-state index contributed by atoms with van der Waals surface area (Å²) < 4.78 is 27.0. The number of amides is 1. The van der Waals surface area contributed by atoms with Gasteiger partial charge in [0.05, 0.1) is 4.90 Å². The normalized spacial score (nSPS) is 16.3. The second-order valence-corrected chi connectivity index (χ2v) is 9.31. The monoisotopic (exact) mass is 406 g/mol. The van der Waals surface area contributed by atoms with E-state index in [0.717, 1.165) is 16.8 Å². The predicted octanol–water partition coefficient (Wildman–Crippen LogP) is 4.00. The first-order chi connectivity index (χ1) is 12.8. The van der Waals surface area contributed by atoms with Crippen molar-refractivity contribution in [2.24, 2.45) is 5.92 Å². The summed E-state index contributed by atoms with van der Waals surface area (Å²) >= 11 is 5.94. The number of halogens is 1. The van der Waals surface area contributed by atoms with E-state index in [4.69, 9.17) is 11.6 Å². The Kier molecular flexibility index (Phi) is 5.89. The van der Waals surface area contributed by atoms with Crippen LogP contribution in [0.2, 0.25) is 5.02 Å². The van der Waals surface area contributed by atoms with Crippen LogP contribution in [0.1, 0.15) is 24.0 Å². The maximum atomic E-state index is 12.8. The molecule has 0 saturated carbocycles. The van der Waals surface area contributed by atoms with Crippen molar-refractivity contribution < 1.29 is 13.2 Å². The molecule has 0 atom stereocenters. The highest BCUT2D eigenvalue weighted by atomic mass is 35.5. The number of benzene rings is 2. The molecule has 1 fully saturated rings. The first-order valence-corrected chi connectivity index (χ1v) is 10.7. The molecule has 0 spiro atoms. The topological polar surface area (TPSA) is 66.5 Å². The molecule has 0 aliphatic carbocycles. The minimum atomic E-state index is -3.51. The molecular weight excluding hydrogens is 384 g/mol. The molecule has 27 heavy (non-hydrogen) atoms. The number of aryl methyl sites for hydroxylation is 2. The van der Waals surface area contributed by atoms with Gasteiger partial charge in [-0.1, -0.05) is 29.3 Å². The van der Waals surface area contributed by atoms with E-state index < -0.39 is 10.0 Å². The number of piperidine rings is 1. The highest BCUT2D eigenvalue weighted by Crippen LogP contribution is 2.26. The van der Waals surface area contributed by atoms with E-state index in [-0.39, 0.29) is 11.8 Å². The van der Waals surface area contributed by atoms with Crippen molar-refractivity contribution >= 4 is 33.2 Å². The summed E-state index contributed by atoms with van der Waals surface area (Å²) in [6.45, 7) is 4.49. The number of carbonyl (C=O) groups is 1. The van der Waals surface area contributed by atoms with Gasteiger partial charge >= 0.3 is 0 Å². The Morgan fingerprint density at radius 1 is 1.07 bits per heavy atom. The maximum absolute atomic E-state index is 12.8. The zero-order valence-corrected chi connectivity index (χ0v) is 17.0. The van der Waals surface area contributed by atoms with Gasteiger partial charge < -0.3 is 5.32 Å². The number of rotatable bonds is 4. The summed E-state index contributed by atoms with van der Waals surface area (Å²) in [5, 5.41) is 3.56. The van der Waals surface area contributed by atoms with Crippen molar-refractivity contribution in [1.82, 2.24) is 4.31 Å². The number of nitrogens with zero attached hydrogens (tertiary/aromatic N) is 1. The van der Waals surface area contributed by atoms with Gasteiger partial charge in [0.15, 0.2) is 0 Å². The summed E-state index contributed by atoms with van der Waals surface area (Å²) in [4.78, 5) is 12.9. The Balaban J connectivity index is 1.62. The van der Waals surface area contributed by atoms with Crippen LogP contribution in [-0.2, 0) is 14.8 Å². The van der Waals surface area contributed by atoms with Gasteiger partial charge in [0.25, 0.3) is 0 Å². The van der Waals surface area contributed by atoms with Crippen LogP contribution in [-0.4, -0.2) is 31.7 Å². The van der Waals surface area contributed by atoms with Crippen LogP contribution in [0, 0.1) is 19.8 Å². The number of hydrogen-bond acceptors (Lipinski definition) is 3. The van der Waals surface area contributed by atoms with E-state index in [1.165, 1.54) is 4.31 Å². The van der Waals surface area contributed by atoms with Gasteiger partial charge in [-0.15, -0.1) is 0 Å². The van der Waals surface area contributed by atoms with Crippen molar-refractivity contribution in [1.29, 1.82) is 0 Å². The highest BCUT2D eigenvalue weighted by molar-refractivity contribution is 7.89. The third-order valence-corrected chi connectivity index (χ3v) is 7.08. The summed E-state index contributed by atoms with van der Waals surface area (Å²) in [7, 11) is -3.51.